The van der Waals surface area contributed by atoms with Crippen LogP contribution in [-0.4, -0.2) is 20.4 Å². The van der Waals surface area contributed by atoms with Crippen molar-refractivity contribution in [2.24, 2.45) is 0 Å². The normalized spacial score (nSPS) is 10.7. The van der Waals surface area contributed by atoms with E-state index in [0.29, 0.717) is 21.8 Å². The van der Waals surface area contributed by atoms with Crippen molar-refractivity contribution in [3.8, 4) is 34.3 Å². The predicted octanol–water partition coefficient (Wildman–Crippen LogP) is 3.05. The maximum Gasteiger partial charge on any atom is 0.260 e. The number of aromatic nitrogens is 2. The van der Waals surface area contributed by atoms with Crippen molar-refractivity contribution in [3.63, 3.8) is 0 Å². The van der Waals surface area contributed by atoms with Gasteiger partial charge in [0, 0.05) is 16.3 Å². The number of nitrogens with zero attached hydrogens (tertiary/aromatic N) is 2. The molecule has 1 aromatic heterocycles. The third kappa shape index (κ3) is 2.48. The molecule has 0 amide bonds. The average Bonchev–Trinajstić information content (AvgIpc) is 2.91. The van der Waals surface area contributed by atoms with Crippen molar-refractivity contribution < 1.29 is 14.7 Å². The van der Waals surface area contributed by atoms with Gasteiger partial charge in [-0.3, -0.25) is 0 Å². The van der Waals surface area contributed by atoms with Crippen LogP contribution in [0.4, 0.5) is 5.69 Å². The SMILES string of the molecule is Nc1cc(Cl)ccc1-c1nc(-c2ccc(O)c(O)c2)no1. The fourth-order valence-electron chi connectivity index (χ4n) is 1.84. The zero-order valence-electron chi connectivity index (χ0n) is 10.6. The summed E-state index contributed by atoms with van der Waals surface area (Å²) < 4.78 is 5.17. The molecule has 21 heavy (non-hydrogen) atoms. The van der Waals surface area contributed by atoms with Crippen LogP contribution in [0.5, 0.6) is 11.5 Å². The van der Waals surface area contributed by atoms with Gasteiger partial charge < -0.3 is 20.5 Å². The Hall–Kier alpha value is -2.73. The van der Waals surface area contributed by atoms with Crippen molar-refractivity contribution in [3.05, 3.63) is 41.4 Å². The molecule has 0 radical (unpaired) electrons. The van der Waals surface area contributed by atoms with Gasteiger partial charge >= 0.3 is 0 Å². The molecule has 1 heterocycles. The Balaban J connectivity index is 2.01. The highest BCUT2D eigenvalue weighted by Crippen LogP contribution is 2.32. The zero-order valence-corrected chi connectivity index (χ0v) is 11.4. The Morgan fingerprint density at radius 3 is 2.57 bits per heavy atom. The second kappa shape index (κ2) is 4.99. The summed E-state index contributed by atoms with van der Waals surface area (Å²) in [6, 6.07) is 9.20. The lowest BCUT2D eigenvalue weighted by atomic mass is 10.1. The molecule has 0 saturated carbocycles. The highest BCUT2D eigenvalue weighted by atomic mass is 35.5. The number of halogens is 1. The summed E-state index contributed by atoms with van der Waals surface area (Å²) >= 11 is 5.84. The molecule has 7 heteroatoms. The van der Waals surface area contributed by atoms with Crippen LogP contribution in [0.3, 0.4) is 0 Å². The molecule has 2 aromatic carbocycles. The molecular weight excluding hydrogens is 294 g/mol. The molecule has 0 atom stereocenters. The monoisotopic (exact) mass is 303 g/mol. The van der Waals surface area contributed by atoms with E-state index in [1.54, 1.807) is 24.3 Å². The summed E-state index contributed by atoms with van der Waals surface area (Å²) in [5.41, 5.74) is 7.36. The fraction of sp³-hybridized carbons (Fsp3) is 0. The smallest absolute Gasteiger partial charge is 0.260 e. The van der Waals surface area contributed by atoms with Gasteiger partial charge in [0.05, 0.1) is 5.56 Å². The Bertz CT molecular complexity index is 817. The number of nitrogen functional groups attached to an aromatic ring is 1. The molecule has 0 bridgehead atoms. The van der Waals surface area contributed by atoms with Crippen molar-refractivity contribution >= 4 is 17.3 Å². The number of hydrogen-bond acceptors (Lipinski definition) is 6. The van der Waals surface area contributed by atoms with Gasteiger partial charge in [-0.1, -0.05) is 16.8 Å². The van der Waals surface area contributed by atoms with Crippen molar-refractivity contribution in [1.82, 2.24) is 10.1 Å². The average molecular weight is 304 g/mol. The first-order valence-corrected chi connectivity index (χ1v) is 6.34. The number of phenols is 2. The van der Waals surface area contributed by atoms with Gasteiger partial charge in [0.15, 0.2) is 11.5 Å². The predicted molar refractivity (Wildman–Crippen MR) is 77.9 cm³/mol. The number of aromatic hydroxyl groups is 2. The molecule has 0 aliphatic rings. The lowest BCUT2D eigenvalue weighted by molar-refractivity contribution is 0.404. The molecule has 0 saturated heterocycles. The fourth-order valence-corrected chi connectivity index (χ4v) is 2.02. The first-order valence-electron chi connectivity index (χ1n) is 5.96. The molecule has 0 aliphatic heterocycles. The van der Waals surface area contributed by atoms with E-state index in [4.69, 9.17) is 21.9 Å². The number of hydrogen-bond donors (Lipinski definition) is 3. The van der Waals surface area contributed by atoms with E-state index < -0.39 is 0 Å². The summed E-state index contributed by atoms with van der Waals surface area (Å²) in [6.45, 7) is 0. The van der Waals surface area contributed by atoms with Crippen LogP contribution in [0.1, 0.15) is 0 Å². The third-order valence-corrected chi connectivity index (χ3v) is 3.14. The Labute approximate surface area is 124 Å². The van der Waals surface area contributed by atoms with Gasteiger partial charge in [0.2, 0.25) is 5.82 Å². The van der Waals surface area contributed by atoms with Gasteiger partial charge in [-0.25, -0.2) is 0 Å². The summed E-state index contributed by atoms with van der Waals surface area (Å²) in [7, 11) is 0. The maximum atomic E-state index is 9.49. The van der Waals surface area contributed by atoms with E-state index in [9.17, 15) is 10.2 Å². The molecule has 0 unspecified atom stereocenters. The van der Waals surface area contributed by atoms with Gasteiger partial charge in [-0.2, -0.15) is 4.98 Å². The van der Waals surface area contributed by atoms with Crippen LogP contribution in [-0.2, 0) is 0 Å². The van der Waals surface area contributed by atoms with Crippen molar-refractivity contribution in [2.45, 2.75) is 0 Å². The molecule has 106 valence electrons. The molecule has 3 aromatic rings. The third-order valence-electron chi connectivity index (χ3n) is 2.90. The summed E-state index contributed by atoms with van der Waals surface area (Å²) in [4.78, 5) is 4.22. The molecule has 6 nitrogen and oxygen atoms in total. The summed E-state index contributed by atoms with van der Waals surface area (Å²) in [5, 5.41) is 23.1. The van der Waals surface area contributed by atoms with Crippen LogP contribution >= 0.6 is 11.6 Å². The molecule has 4 N–H and O–H groups in total. The first kappa shape index (κ1) is 13.3. The lowest BCUT2D eigenvalue weighted by Gasteiger charge is -2.00. The number of rotatable bonds is 2. The first-order chi connectivity index (χ1) is 10.0. The van der Waals surface area contributed by atoms with E-state index in [2.05, 4.69) is 10.1 Å². The van der Waals surface area contributed by atoms with E-state index >= 15 is 0 Å². The maximum absolute atomic E-state index is 9.49. The minimum atomic E-state index is -0.259. The van der Waals surface area contributed by atoms with Gasteiger partial charge in [0.25, 0.3) is 5.89 Å². The molecule has 0 fully saturated rings. The Morgan fingerprint density at radius 2 is 1.86 bits per heavy atom. The van der Waals surface area contributed by atoms with Gasteiger partial charge in [-0.05, 0) is 36.4 Å². The number of anilines is 1. The quantitative estimate of drug-likeness (QED) is 0.496. The molecule has 0 aliphatic carbocycles. The Kier molecular flexibility index (Phi) is 3.15. The number of nitrogens with two attached hydrogens (primary N) is 1. The van der Waals surface area contributed by atoms with E-state index in [1.807, 2.05) is 0 Å². The molecular formula is C14H10ClN3O3. The zero-order chi connectivity index (χ0) is 15.0. The Morgan fingerprint density at radius 1 is 1.05 bits per heavy atom. The highest BCUT2D eigenvalue weighted by molar-refractivity contribution is 6.31. The second-order valence-corrected chi connectivity index (χ2v) is 4.79. The molecule has 0 spiro atoms. The minimum absolute atomic E-state index is 0.218. The minimum Gasteiger partial charge on any atom is -0.504 e. The number of benzene rings is 2. The highest BCUT2D eigenvalue weighted by Gasteiger charge is 2.14. The summed E-state index contributed by atoms with van der Waals surface area (Å²) in [6.07, 6.45) is 0. The second-order valence-electron chi connectivity index (χ2n) is 4.36. The topological polar surface area (TPSA) is 105 Å². The van der Waals surface area contributed by atoms with E-state index in [1.165, 1.54) is 12.1 Å². The largest absolute Gasteiger partial charge is 0.504 e. The van der Waals surface area contributed by atoms with Crippen LogP contribution in [0.15, 0.2) is 40.9 Å². The van der Waals surface area contributed by atoms with Crippen molar-refractivity contribution in [2.75, 3.05) is 5.73 Å². The summed E-state index contributed by atoms with van der Waals surface area (Å²) in [5.74, 6) is 0.0376. The van der Waals surface area contributed by atoms with Crippen molar-refractivity contribution in [1.29, 1.82) is 0 Å². The van der Waals surface area contributed by atoms with E-state index in [-0.39, 0.29) is 23.2 Å². The molecule has 3 rings (SSSR count). The van der Waals surface area contributed by atoms with Gasteiger partial charge in [-0.15, -0.1) is 0 Å². The number of phenolic OH excluding ortho intramolecular Hbond substituents is 2. The standard InChI is InChI=1S/C14H10ClN3O3/c15-8-2-3-9(10(16)6-8)14-17-13(18-21-14)7-1-4-11(19)12(20)5-7/h1-6,19-20H,16H2. The van der Waals surface area contributed by atoms with Crippen LogP contribution in [0.25, 0.3) is 22.8 Å². The van der Waals surface area contributed by atoms with Crippen LogP contribution in [0.2, 0.25) is 5.02 Å². The van der Waals surface area contributed by atoms with E-state index in [0.717, 1.165) is 0 Å². The van der Waals surface area contributed by atoms with Crippen LogP contribution < -0.4 is 5.73 Å². The lowest BCUT2D eigenvalue weighted by Crippen LogP contribution is -1.90. The van der Waals surface area contributed by atoms with Crippen LogP contribution in [0, 0.1) is 0 Å². The van der Waals surface area contributed by atoms with Gasteiger partial charge in [0.1, 0.15) is 0 Å².